The van der Waals surface area contributed by atoms with E-state index in [1.54, 1.807) is 0 Å². The van der Waals surface area contributed by atoms with Crippen molar-refractivity contribution < 1.29 is 14.3 Å². The third kappa shape index (κ3) is 3.36. The third-order valence-corrected chi connectivity index (χ3v) is 5.59. The zero-order valence-electron chi connectivity index (χ0n) is 15.2. The highest BCUT2D eigenvalue weighted by atomic mass is 16.6. The topological polar surface area (TPSA) is 50.8 Å². The molecule has 0 aromatic heterocycles. The molecule has 1 aliphatic carbocycles. The molecule has 0 radical (unpaired) electrons. The Kier molecular flexibility index (Phi) is 4.38. The molecule has 0 bridgehead atoms. The van der Waals surface area contributed by atoms with Crippen LogP contribution in [-0.4, -0.2) is 54.5 Å². The van der Waals surface area contributed by atoms with Crippen LogP contribution < -0.4 is 5.32 Å². The van der Waals surface area contributed by atoms with Crippen molar-refractivity contribution >= 4 is 6.09 Å². The Labute approximate surface area is 140 Å². The van der Waals surface area contributed by atoms with E-state index in [9.17, 15) is 4.79 Å². The summed E-state index contributed by atoms with van der Waals surface area (Å²) in [4.78, 5) is 14.2. The number of amides is 1. The molecule has 1 N–H and O–H groups in total. The van der Waals surface area contributed by atoms with E-state index in [2.05, 4.69) is 19.2 Å². The van der Waals surface area contributed by atoms with E-state index in [1.807, 2.05) is 25.7 Å². The van der Waals surface area contributed by atoms with E-state index in [1.165, 1.54) is 0 Å². The van der Waals surface area contributed by atoms with Gasteiger partial charge in [0.1, 0.15) is 5.60 Å². The molecule has 5 heteroatoms. The van der Waals surface area contributed by atoms with Crippen LogP contribution in [0.1, 0.15) is 53.9 Å². The van der Waals surface area contributed by atoms with Gasteiger partial charge in [0.05, 0.1) is 6.10 Å². The molecule has 0 aromatic carbocycles. The molecule has 132 valence electrons. The minimum absolute atomic E-state index is 0.182. The van der Waals surface area contributed by atoms with Gasteiger partial charge >= 0.3 is 6.09 Å². The van der Waals surface area contributed by atoms with Gasteiger partial charge in [-0.1, -0.05) is 13.8 Å². The molecule has 2 saturated heterocycles. The molecule has 1 saturated carbocycles. The molecule has 3 fully saturated rings. The van der Waals surface area contributed by atoms with Crippen LogP contribution in [-0.2, 0) is 9.47 Å². The Hall–Kier alpha value is -0.810. The van der Waals surface area contributed by atoms with E-state index >= 15 is 0 Å². The monoisotopic (exact) mass is 324 g/mol. The van der Waals surface area contributed by atoms with Gasteiger partial charge in [0.2, 0.25) is 0 Å². The van der Waals surface area contributed by atoms with Gasteiger partial charge in [-0.2, -0.15) is 0 Å². The van der Waals surface area contributed by atoms with E-state index < -0.39 is 5.60 Å². The molecule has 0 aromatic rings. The number of piperidine rings is 1. The second-order valence-electron chi connectivity index (χ2n) is 8.98. The lowest BCUT2D eigenvalue weighted by Crippen LogP contribution is -2.68. The fourth-order valence-corrected chi connectivity index (χ4v) is 4.52. The molecule has 3 aliphatic rings. The number of nitrogens with zero attached hydrogens (tertiary/aromatic N) is 1. The molecule has 1 amide bonds. The lowest BCUT2D eigenvalue weighted by Gasteiger charge is -2.56. The fourth-order valence-electron chi connectivity index (χ4n) is 4.52. The first-order valence-electron chi connectivity index (χ1n) is 9.04. The van der Waals surface area contributed by atoms with Crippen molar-refractivity contribution in [2.24, 2.45) is 11.3 Å². The summed E-state index contributed by atoms with van der Waals surface area (Å²) in [6.07, 6.45) is 3.55. The molecular weight excluding hydrogens is 292 g/mol. The van der Waals surface area contributed by atoms with Crippen molar-refractivity contribution in [1.29, 1.82) is 0 Å². The number of hydrogen-bond donors (Lipinski definition) is 1. The molecule has 3 rings (SSSR count). The summed E-state index contributed by atoms with van der Waals surface area (Å²) in [7, 11) is 0. The molecule has 0 spiro atoms. The van der Waals surface area contributed by atoms with Gasteiger partial charge in [-0.15, -0.1) is 0 Å². The Bertz CT molecular complexity index is 458. The Morgan fingerprint density at radius 2 is 2.04 bits per heavy atom. The number of carbonyl (C=O) groups is 1. The SMILES string of the molecule is CC(C)(C)OC(=O)N1CCC[C@H](N[C@@H]2[C@@H]3CCO[C@@H]3C2(C)C)C1. The van der Waals surface area contributed by atoms with Crippen LogP contribution in [0.3, 0.4) is 0 Å². The maximum absolute atomic E-state index is 12.3. The molecule has 23 heavy (non-hydrogen) atoms. The summed E-state index contributed by atoms with van der Waals surface area (Å²) in [6.45, 7) is 12.8. The highest BCUT2D eigenvalue weighted by molar-refractivity contribution is 5.68. The smallest absolute Gasteiger partial charge is 0.410 e. The number of rotatable bonds is 2. The van der Waals surface area contributed by atoms with Crippen LogP contribution in [0.5, 0.6) is 0 Å². The number of ether oxygens (including phenoxy) is 2. The van der Waals surface area contributed by atoms with Gasteiger partial charge in [0.25, 0.3) is 0 Å². The maximum Gasteiger partial charge on any atom is 0.410 e. The van der Waals surface area contributed by atoms with Gasteiger partial charge < -0.3 is 19.7 Å². The molecule has 2 heterocycles. The van der Waals surface area contributed by atoms with E-state index in [0.717, 1.165) is 39.0 Å². The number of fused-ring (bicyclic) bond motifs is 1. The molecule has 0 unspecified atom stereocenters. The van der Waals surface area contributed by atoms with Crippen LogP contribution >= 0.6 is 0 Å². The first-order chi connectivity index (χ1) is 10.7. The Balaban J connectivity index is 1.56. The largest absolute Gasteiger partial charge is 0.444 e. The summed E-state index contributed by atoms with van der Waals surface area (Å²) < 4.78 is 11.4. The predicted molar refractivity (Wildman–Crippen MR) is 89.4 cm³/mol. The number of likely N-dealkylation sites (tertiary alicyclic amines) is 1. The summed E-state index contributed by atoms with van der Waals surface area (Å²) in [6, 6.07) is 0.862. The lowest BCUT2D eigenvalue weighted by atomic mass is 9.57. The molecule has 4 atom stereocenters. The Morgan fingerprint density at radius 1 is 1.30 bits per heavy atom. The lowest BCUT2D eigenvalue weighted by molar-refractivity contribution is -0.117. The van der Waals surface area contributed by atoms with Gasteiger partial charge in [-0.05, 0) is 40.0 Å². The summed E-state index contributed by atoms with van der Waals surface area (Å²) in [5.74, 6) is 0.641. The number of carbonyl (C=O) groups excluding carboxylic acids is 1. The average Bonchev–Trinajstić information content (AvgIpc) is 2.90. The second-order valence-corrected chi connectivity index (χ2v) is 8.98. The van der Waals surface area contributed by atoms with Crippen molar-refractivity contribution in [1.82, 2.24) is 10.2 Å². The number of hydrogen-bond acceptors (Lipinski definition) is 4. The second kappa shape index (κ2) is 5.92. The Morgan fingerprint density at radius 3 is 2.74 bits per heavy atom. The summed E-state index contributed by atoms with van der Waals surface area (Å²) in [5, 5.41) is 3.84. The molecule has 2 aliphatic heterocycles. The highest BCUT2D eigenvalue weighted by Crippen LogP contribution is 2.52. The van der Waals surface area contributed by atoms with Gasteiger partial charge in [0, 0.05) is 43.1 Å². The van der Waals surface area contributed by atoms with E-state index in [-0.39, 0.29) is 11.5 Å². The van der Waals surface area contributed by atoms with Crippen LogP contribution in [0.4, 0.5) is 4.79 Å². The van der Waals surface area contributed by atoms with E-state index in [0.29, 0.717) is 24.1 Å². The van der Waals surface area contributed by atoms with Gasteiger partial charge in [-0.25, -0.2) is 4.79 Å². The first kappa shape index (κ1) is 17.0. The minimum atomic E-state index is -0.429. The zero-order chi connectivity index (χ0) is 16.8. The maximum atomic E-state index is 12.3. The van der Waals surface area contributed by atoms with Crippen molar-refractivity contribution in [2.75, 3.05) is 19.7 Å². The standard InChI is InChI=1S/C18H32N2O3/c1-17(2,3)23-16(21)20-9-6-7-12(11-20)19-14-13-8-10-22-15(13)18(14,4)5/h12-15,19H,6-11H2,1-5H3/t12-,13-,14+,15-/m0/s1. The van der Waals surface area contributed by atoms with E-state index in [4.69, 9.17) is 9.47 Å². The predicted octanol–water partition coefficient (Wildman–Crippen LogP) is 2.79. The molecular formula is C18H32N2O3. The van der Waals surface area contributed by atoms with Crippen molar-refractivity contribution in [2.45, 2.75) is 77.7 Å². The summed E-state index contributed by atoms with van der Waals surface area (Å²) >= 11 is 0. The van der Waals surface area contributed by atoms with Crippen LogP contribution in [0, 0.1) is 11.3 Å². The van der Waals surface area contributed by atoms with Crippen LogP contribution in [0.2, 0.25) is 0 Å². The fraction of sp³-hybridized carbons (Fsp3) is 0.944. The average molecular weight is 324 g/mol. The third-order valence-electron chi connectivity index (χ3n) is 5.59. The van der Waals surface area contributed by atoms with Crippen LogP contribution in [0.25, 0.3) is 0 Å². The first-order valence-corrected chi connectivity index (χ1v) is 9.04. The molecule has 5 nitrogen and oxygen atoms in total. The number of nitrogens with one attached hydrogen (secondary N) is 1. The van der Waals surface area contributed by atoms with Crippen molar-refractivity contribution in [3.8, 4) is 0 Å². The minimum Gasteiger partial charge on any atom is -0.444 e. The summed E-state index contributed by atoms with van der Waals surface area (Å²) in [5.41, 5.74) is -0.239. The van der Waals surface area contributed by atoms with Crippen molar-refractivity contribution in [3.63, 3.8) is 0 Å². The normalized spacial score (nSPS) is 36.3. The van der Waals surface area contributed by atoms with Gasteiger partial charge in [0.15, 0.2) is 0 Å². The van der Waals surface area contributed by atoms with Crippen LogP contribution in [0.15, 0.2) is 0 Å². The highest BCUT2D eigenvalue weighted by Gasteiger charge is 2.59. The quantitative estimate of drug-likeness (QED) is 0.848. The van der Waals surface area contributed by atoms with Gasteiger partial charge in [-0.3, -0.25) is 0 Å². The zero-order valence-corrected chi connectivity index (χ0v) is 15.2. The van der Waals surface area contributed by atoms with Crippen molar-refractivity contribution in [3.05, 3.63) is 0 Å².